The maximum absolute atomic E-state index is 11.5. The SMILES string of the molecule is CCOc1c(Cl)cc(OCc2ccccc2C(=COC)C(=O)O)cc1Cl. The molecule has 2 aromatic carbocycles. The van der Waals surface area contributed by atoms with Crippen LogP contribution < -0.4 is 9.47 Å². The van der Waals surface area contributed by atoms with Gasteiger partial charge in [-0.15, -0.1) is 0 Å². The van der Waals surface area contributed by atoms with E-state index >= 15 is 0 Å². The Bertz CT molecular complexity index is 794. The molecule has 0 radical (unpaired) electrons. The summed E-state index contributed by atoms with van der Waals surface area (Å²) in [6.07, 6.45) is 1.19. The molecule has 0 spiro atoms. The number of benzene rings is 2. The van der Waals surface area contributed by atoms with E-state index in [2.05, 4.69) is 0 Å². The van der Waals surface area contributed by atoms with E-state index in [1.54, 1.807) is 36.4 Å². The number of carboxylic acid groups (broad SMARTS) is 1. The molecule has 138 valence electrons. The number of aliphatic carboxylic acids is 1. The summed E-state index contributed by atoms with van der Waals surface area (Å²) >= 11 is 12.3. The molecule has 0 saturated heterocycles. The molecule has 7 heteroatoms. The zero-order valence-electron chi connectivity index (χ0n) is 14.3. The Morgan fingerprint density at radius 3 is 2.38 bits per heavy atom. The second-order valence-corrected chi connectivity index (χ2v) is 5.98. The fourth-order valence-electron chi connectivity index (χ4n) is 2.32. The molecule has 0 atom stereocenters. The van der Waals surface area contributed by atoms with Crippen LogP contribution in [-0.2, 0) is 16.1 Å². The first kappa shape index (κ1) is 19.9. The molecule has 26 heavy (non-hydrogen) atoms. The summed E-state index contributed by atoms with van der Waals surface area (Å²) in [5.74, 6) is -0.239. The molecule has 0 aliphatic heterocycles. The van der Waals surface area contributed by atoms with E-state index in [1.165, 1.54) is 13.4 Å². The van der Waals surface area contributed by atoms with Gasteiger partial charge in [0.2, 0.25) is 0 Å². The van der Waals surface area contributed by atoms with Gasteiger partial charge in [0.25, 0.3) is 0 Å². The summed E-state index contributed by atoms with van der Waals surface area (Å²) in [5, 5.41) is 10.1. The Morgan fingerprint density at radius 2 is 1.81 bits per heavy atom. The lowest BCUT2D eigenvalue weighted by Crippen LogP contribution is -2.06. The van der Waals surface area contributed by atoms with E-state index < -0.39 is 5.97 Å². The number of hydrogen-bond acceptors (Lipinski definition) is 4. The van der Waals surface area contributed by atoms with E-state index in [9.17, 15) is 9.90 Å². The quantitative estimate of drug-likeness (QED) is 0.499. The van der Waals surface area contributed by atoms with Crippen molar-refractivity contribution in [2.24, 2.45) is 0 Å². The maximum atomic E-state index is 11.5. The van der Waals surface area contributed by atoms with Gasteiger partial charge in [-0.1, -0.05) is 47.5 Å². The molecule has 0 bridgehead atoms. The fourth-order valence-corrected chi connectivity index (χ4v) is 2.90. The Hall–Kier alpha value is -2.37. The predicted octanol–water partition coefficient (Wildman–Crippen LogP) is 5.04. The molecule has 0 saturated carbocycles. The minimum absolute atomic E-state index is 0.0365. The second-order valence-electron chi connectivity index (χ2n) is 5.17. The van der Waals surface area contributed by atoms with Crippen molar-refractivity contribution < 1.29 is 24.1 Å². The zero-order chi connectivity index (χ0) is 19.1. The summed E-state index contributed by atoms with van der Waals surface area (Å²) in [6, 6.07) is 10.2. The third-order valence-corrected chi connectivity index (χ3v) is 3.99. The molecule has 2 rings (SSSR count). The predicted molar refractivity (Wildman–Crippen MR) is 101 cm³/mol. The molecule has 0 aliphatic rings. The molecular formula is C19H18Cl2O5. The van der Waals surface area contributed by atoms with Crippen molar-refractivity contribution in [2.45, 2.75) is 13.5 Å². The van der Waals surface area contributed by atoms with Crippen LogP contribution in [0.15, 0.2) is 42.7 Å². The van der Waals surface area contributed by atoms with Crippen LogP contribution in [0.1, 0.15) is 18.1 Å². The Kier molecular flexibility index (Phi) is 7.18. The van der Waals surface area contributed by atoms with Crippen LogP contribution in [0.25, 0.3) is 5.57 Å². The van der Waals surface area contributed by atoms with Gasteiger partial charge in [-0.2, -0.15) is 0 Å². The highest BCUT2D eigenvalue weighted by atomic mass is 35.5. The third kappa shape index (κ3) is 4.84. The summed E-state index contributed by atoms with van der Waals surface area (Å²) in [4.78, 5) is 11.5. The standard InChI is InChI=1S/C19H18Cl2O5/c1-3-25-18-16(20)8-13(9-17(18)21)26-10-12-6-4-5-7-14(12)15(11-24-2)19(22)23/h4-9,11H,3,10H2,1-2H3,(H,22,23). The van der Waals surface area contributed by atoms with Crippen molar-refractivity contribution in [3.05, 3.63) is 63.8 Å². The summed E-state index contributed by atoms with van der Waals surface area (Å²) in [7, 11) is 1.39. The van der Waals surface area contributed by atoms with Crippen molar-refractivity contribution >= 4 is 34.7 Å². The molecule has 2 aromatic rings. The minimum Gasteiger partial charge on any atom is -0.503 e. The van der Waals surface area contributed by atoms with Gasteiger partial charge in [0.15, 0.2) is 5.75 Å². The zero-order valence-corrected chi connectivity index (χ0v) is 15.8. The van der Waals surface area contributed by atoms with Crippen molar-refractivity contribution in [3.63, 3.8) is 0 Å². The number of hydrogen-bond donors (Lipinski definition) is 1. The number of rotatable bonds is 8. The van der Waals surface area contributed by atoms with Crippen LogP contribution in [0.4, 0.5) is 0 Å². The van der Waals surface area contributed by atoms with Gasteiger partial charge in [0, 0.05) is 12.1 Å². The van der Waals surface area contributed by atoms with Gasteiger partial charge in [0.1, 0.15) is 17.9 Å². The lowest BCUT2D eigenvalue weighted by Gasteiger charge is -2.14. The van der Waals surface area contributed by atoms with Crippen LogP contribution >= 0.6 is 23.2 Å². The first-order valence-electron chi connectivity index (χ1n) is 7.77. The van der Waals surface area contributed by atoms with Crippen molar-refractivity contribution in [3.8, 4) is 11.5 Å². The lowest BCUT2D eigenvalue weighted by molar-refractivity contribution is -0.130. The Labute approximate surface area is 161 Å². The molecule has 0 aromatic heterocycles. The molecule has 1 N–H and O–H groups in total. The Morgan fingerprint density at radius 1 is 1.15 bits per heavy atom. The largest absolute Gasteiger partial charge is 0.503 e. The van der Waals surface area contributed by atoms with Gasteiger partial charge >= 0.3 is 5.97 Å². The van der Waals surface area contributed by atoms with E-state index in [0.717, 1.165) is 0 Å². The number of methoxy groups -OCH3 is 1. The van der Waals surface area contributed by atoms with E-state index in [4.69, 9.17) is 37.4 Å². The molecule has 0 fully saturated rings. The number of carbonyl (C=O) groups is 1. The monoisotopic (exact) mass is 396 g/mol. The highest BCUT2D eigenvalue weighted by Gasteiger charge is 2.16. The van der Waals surface area contributed by atoms with Crippen LogP contribution in [0.3, 0.4) is 0 Å². The molecular weight excluding hydrogens is 379 g/mol. The second kappa shape index (κ2) is 9.36. The molecule has 0 amide bonds. The smallest absolute Gasteiger partial charge is 0.339 e. The van der Waals surface area contributed by atoms with E-state index in [1.807, 2.05) is 6.92 Å². The average molecular weight is 397 g/mol. The van der Waals surface area contributed by atoms with Gasteiger partial charge in [-0.05, 0) is 18.1 Å². The van der Waals surface area contributed by atoms with Crippen LogP contribution in [0, 0.1) is 0 Å². The number of halogens is 2. The van der Waals surface area contributed by atoms with Gasteiger partial charge in [-0.25, -0.2) is 4.79 Å². The van der Waals surface area contributed by atoms with Crippen molar-refractivity contribution in [1.29, 1.82) is 0 Å². The van der Waals surface area contributed by atoms with Gasteiger partial charge in [-0.3, -0.25) is 0 Å². The molecule has 5 nitrogen and oxygen atoms in total. The first-order valence-corrected chi connectivity index (χ1v) is 8.52. The van der Waals surface area contributed by atoms with Crippen LogP contribution in [-0.4, -0.2) is 24.8 Å². The van der Waals surface area contributed by atoms with E-state index in [0.29, 0.717) is 39.3 Å². The number of carboxylic acids is 1. The highest BCUT2D eigenvalue weighted by molar-refractivity contribution is 6.37. The molecule has 0 aliphatic carbocycles. The average Bonchev–Trinajstić information content (AvgIpc) is 2.61. The molecule has 0 unspecified atom stereocenters. The van der Waals surface area contributed by atoms with Crippen molar-refractivity contribution in [2.75, 3.05) is 13.7 Å². The number of ether oxygens (including phenoxy) is 3. The minimum atomic E-state index is -1.09. The maximum Gasteiger partial charge on any atom is 0.339 e. The lowest BCUT2D eigenvalue weighted by atomic mass is 10.0. The van der Waals surface area contributed by atoms with Gasteiger partial charge < -0.3 is 19.3 Å². The van der Waals surface area contributed by atoms with Crippen molar-refractivity contribution in [1.82, 2.24) is 0 Å². The topological polar surface area (TPSA) is 65.0 Å². The summed E-state index contributed by atoms with van der Waals surface area (Å²) in [6.45, 7) is 2.41. The summed E-state index contributed by atoms with van der Waals surface area (Å²) in [5.41, 5.74) is 1.22. The van der Waals surface area contributed by atoms with Crippen LogP contribution in [0.2, 0.25) is 10.0 Å². The highest BCUT2D eigenvalue weighted by Crippen LogP contribution is 2.37. The van der Waals surface area contributed by atoms with E-state index in [-0.39, 0.29) is 12.2 Å². The normalized spacial score (nSPS) is 11.2. The summed E-state index contributed by atoms with van der Waals surface area (Å²) < 4.78 is 16.0. The fraction of sp³-hybridized carbons (Fsp3) is 0.211. The van der Waals surface area contributed by atoms with Gasteiger partial charge in [0.05, 0.1) is 30.0 Å². The first-order chi connectivity index (χ1) is 12.5. The van der Waals surface area contributed by atoms with Crippen LogP contribution in [0.5, 0.6) is 11.5 Å². The molecule has 0 heterocycles. The Balaban J connectivity index is 2.26. The third-order valence-electron chi connectivity index (χ3n) is 3.43.